The van der Waals surface area contributed by atoms with Gasteiger partial charge in [0.1, 0.15) is 5.60 Å². The minimum atomic E-state index is -0.802. The average molecular weight is 569 g/mol. The molecule has 0 fully saturated rings. The van der Waals surface area contributed by atoms with Crippen molar-refractivity contribution in [3.63, 3.8) is 0 Å². The number of carboxylic acids is 1. The van der Waals surface area contributed by atoms with Crippen molar-refractivity contribution in [3.05, 3.63) is 69.1 Å². The number of carbonyl (C=O) groups excluding carboxylic acids is 1. The second-order valence-corrected chi connectivity index (χ2v) is 12.5. The number of benzene rings is 2. The highest BCUT2D eigenvalue weighted by atomic mass is 35.5. The largest absolute Gasteiger partial charge is 0.481 e. The van der Waals surface area contributed by atoms with Gasteiger partial charge >= 0.3 is 12.1 Å². The van der Waals surface area contributed by atoms with Crippen molar-refractivity contribution in [1.29, 1.82) is 0 Å². The number of hydrogen-bond acceptors (Lipinski definition) is 4. The molecule has 8 heteroatoms. The molecule has 0 radical (unpaired) electrons. The Balaban J connectivity index is 2.23. The van der Waals surface area contributed by atoms with Crippen molar-refractivity contribution in [2.24, 2.45) is 11.8 Å². The number of nitrogens with zero attached hydrogens (tertiary/aromatic N) is 1. The zero-order valence-electron chi connectivity index (χ0n) is 24.5. The summed E-state index contributed by atoms with van der Waals surface area (Å²) in [4.78, 5) is 37.9. The Kier molecular flexibility index (Phi) is 10.1. The second-order valence-electron chi connectivity index (χ2n) is 12.0. The number of carboxylic acid groups (broad SMARTS) is 1. The maximum atomic E-state index is 13.9. The highest BCUT2D eigenvalue weighted by molar-refractivity contribution is 6.30. The fourth-order valence-corrected chi connectivity index (χ4v) is 4.89. The van der Waals surface area contributed by atoms with Gasteiger partial charge in [-0.15, -0.1) is 0 Å². The first-order chi connectivity index (χ1) is 18.7. The van der Waals surface area contributed by atoms with Crippen LogP contribution in [0.3, 0.4) is 0 Å². The van der Waals surface area contributed by atoms with E-state index in [0.29, 0.717) is 35.5 Å². The van der Waals surface area contributed by atoms with Crippen molar-refractivity contribution in [1.82, 2.24) is 9.88 Å². The lowest BCUT2D eigenvalue weighted by Gasteiger charge is -2.24. The van der Waals surface area contributed by atoms with Crippen LogP contribution in [-0.4, -0.2) is 27.3 Å². The minimum Gasteiger partial charge on any atom is -0.481 e. The number of hydrogen-bond donors (Lipinski definition) is 2. The number of amides is 1. The Labute approximate surface area is 241 Å². The summed E-state index contributed by atoms with van der Waals surface area (Å²) in [6.07, 6.45) is 0.694. The zero-order chi connectivity index (χ0) is 29.8. The van der Waals surface area contributed by atoms with Gasteiger partial charge in [0, 0.05) is 28.2 Å². The number of pyridine rings is 1. The van der Waals surface area contributed by atoms with Crippen molar-refractivity contribution in [2.45, 2.75) is 85.9 Å². The maximum Gasteiger partial charge on any atom is 0.407 e. The summed E-state index contributed by atoms with van der Waals surface area (Å²) >= 11 is 6.23. The van der Waals surface area contributed by atoms with E-state index in [4.69, 9.17) is 16.3 Å². The predicted octanol–water partition coefficient (Wildman–Crippen LogP) is 7.61. The molecule has 2 aromatic carbocycles. The van der Waals surface area contributed by atoms with E-state index in [9.17, 15) is 19.5 Å². The minimum absolute atomic E-state index is 0.0886. The molecule has 0 saturated heterocycles. The third-order valence-electron chi connectivity index (χ3n) is 6.91. The van der Waals surface area contributed by atoms with Crippen LogP contribution in [0, 0.1) is 11.8 Å². The molecule has 0 bridgehead atoms. The third-order valence-corrected chi connectivity index (χ3v) is 7.16. The van der Waals surface area contributed by atoms with Crippen LogP contribution < -0.4 is 10.9 Å². The van der Waals surface area contributed by atoms with E-state index in [-0.39, 0.29) is 23.9 Å². The summed E-state index contributed by atoms with van der Waals surface area (Å²) < 4.78 is 7.23. The number of alkyl carbamates (subject to hydrolysis) is 1. The van der Waals surface area contributed by atoms with Crippen LogP contribution in [0.1, 0.15) is 78.5 Å². The summed E-state index contributed by atoms with van der Waals surface area (Å²) in [5.41, 5.74) is 2.64. The molecule has 7 nitrogen and oxygen atoms in total. The number of aromatic nitrogens is 1. The normalized spacial score (nSPS) is 13.3. The Morgan fingerprint density at radius 1 is 1.00 bits per heavy atom. The molecule has 0 aliphatic heterocycles. The lowest BCUT2D eigenvalue weighted by Crippen LogP contribution is -2.35. The van der Waals surface area contributed by atoms with E-state index in [0.717, 1.165) is 22.1 Å². The molecule has 1 aromatic heterocycles. The molecular weight excluding hydrogens is 528 g/mol. The van der Waals surface area contributed by atoms with Gasteiger partial charge < -0.3 is 19.7 Å². The number of fused-ring (bicyclic) bond motifs is 1. The maximum absolute atomic E-state index is 13.9. The number of aliphatic carboxylic acids is 1. The van der Waals surface area contributed by atoms with Crippen LogP contribution in [-0.2, 0) is 22.6 Å². The molecule has 1 amide bonds. The number of ether oxygens (including phenoxy) is 1. The molecule has 0 aliphatic rings. The van der Waals surface area contributed by atoms with Crippen LogP contribution in [0.25, 0.3) is 21.9 Å². The van der Waals surface area contributed by atoms with E-state index in [1.54, 1.807) is 32.3 Å². The number of halogens is 1. The number of rotatable bonds is 10. The van der Waals surface area contributed by atoms with E-state index in [1.807, 2.05) is 56.3 Å². The van der Waals surface area contributed by atoms with Crippen LogP contribution in [0.5, 0.6) is 0 Å². The first-order valence-electron chi connectivity index (χ1n) is 13.8. The Bertz CT molecular complexity index is 1420. The molecule has 2 unspecified atom stereocenters. The molecule has 1 heterocycles. The standard InChI is InChI=1S/C32H41ClN2O5/c1-19(2)18-35-27(17-34-31(39)40-32(5,6)7)28(22-10-13-24(33)14-11-22)26-16-23(12-15-25(26)29(35)36)20(3)8-9-21(4)30(37)38/h10-16,19-21H,8-9,17-18H2,1-7H3,(H,34,39)(H,37,38). The summed E-state index contributed by atoms with van der Waals surface area (Å²) in [5.74, 6) is -0.959. The van der Waals surface area contributed by atoms with Crippen LogP contribution >= 0.6 is 11.6 Å². The first-order valence-corrected chi connectivity index (χ1v) is 14.2. The van der Waals surface area contributed by atoms with E-state index in [1.165, 1.54) is 0 Å². The summed E-state index contributed by atoms with van der Waals surface area (Å²) in [6, 6.07) is 13.3. The molecule has 40 heavy (non-hydrogen) atoms. The zero-order valence-corrected chi connectivity index (χ0v) is 25.3. The molecule has 216 valence electrons. The quantitative estimate of drug-likeness (QED) is 0.262. The number of nitrogens with one attached hydrogen (secondary N) is 1. The highest BCUT2D eigenvalue weighted by Crippen LogP contribution is 2.35. The van der Waals surface area contributed by atoms with Crippen LogP contribution in [0.4, 0.5) is 4.79 Å². The Morgan fingerprint density at radius 3 is 2.23 bits per heavy atom. The van der Waals surface area contributed by atoms with Gasteiger partial charge in [-0.25, -0.2) is 4.79 Å². The molecule has 0 spiro atoms. The van der Waals surface area contributed by atoms with Crippen LogP contribution in [0.15, 0.2) is 47.3 Å². The van der Waals surface area contributed by atoms with Crippen molar-refractivity contribution >= 4 is 34.4 Å². The Morgan fingerprint density at radius 2 is 1.65 bits per heavy atom. The Hall–Kier alpha value is -3.32. The molecule has 0 aliphatic carbocycles. The molecule has 2 N–H and O–H groups in total. The molecule has 0 saturated carbocycles. The fourth-order valence-electron chi connectivity index (χ4n) is 4.76. The smallest absolute Gasteiger partial charge is 0.407 e. The van der Waals surface area contributed by atoms with Gasteiger partial charge in [0.05, 0.1) is 12.5 Å². The fraction of sp³-hybridized carbons (Fsp3) is 0.469. The van der Waals surface area contributed by atoms with Gasteiger partial charge in [-0.05, 0) is 86.2 Å². The van der Waals surface area contributed by atoms with Crippen molar-refractivity contribution in [3.8, 4) is 11.1 Å². The van der Waals surface area contributed by atoms with Gasteiger partial charge in [0.25, 0.3) is 5.56 Å². The number of carbonyl (C=O) groups is 2. The molecular formula is C32H41ClN2O5. The second kappa shape index (κ2) is 12.9. The molecule has 3 rings (SSSR count). The highest BCUT2D eigenvalue weighted by Gasteiger charge is 2.23. The van der Waals surface area contributed by atoms with E-state index < -0.39 is 23.6 Å². The van der Waals surface area contributed by atoms with Gasteiger partial charge in [-0.3, -0.25) is 9.59 Å². The van der Waals surface area contributed by atoms with Gasteiger partial charge in [0.15, 0.2) is 0 Å². The van der Waals surface area contributed by atoms with Crippen molar-refractivity contribution in [2.75, 3.05) is 0 Å². The van der Waals surface area contributed by atoms with Gasteiger partial charge in [-0.2, -0.15) is 0 Å². The van der Waals surface area contributed by atoms with E-state index >= 15 is 0 Å². The molecule has 2 atom stereocenters. The predicted molar refractivity (Wildman–Crippen MR) is 161 cm³/mol. The van der Waals surface area contributed by atoms with Crippen LogP contribution in [0.2, 0.25) is 5.02 Å². The summed E-state index contributed by atoms with van der Waals surface area (Å²) in [7, 11) is 0. The summed E-state index contributed by atoms with van der Waals surface area (Å²) in [6.45, 7) is 13.9. The van der Waals surface area contributed by atoms with Gasteiger partial charge in [-0.1, -0.05) is 57.5 Å². The average Bonchev–Trinajstić information content (AvgIpc) is 2.86. The van der Waals surface area contributed by atoms with E-state index in [2.05, 4.69) is 12.2 Å². The SMILES string of the molecule is CC(C)Cn1c(CNC(=O)OC(C)(C)C)c(-c2ccc(Cl)cc2)c2cc(C(C)CCC(C)C(=O)O)ccc2c1=O. The molecule has 3 aromatic rings. The first kappa shape index (κ1) is 31.2. The lowest BCUT2D eigenvalue weighted by atomic mass is 9.89. The monoisotopic (exact) mass is 568 g/mol. The topological polar surface area (TPSA) is 97.6 Å². The van der Waals surface area contributed by atoms with Gasteiger partial charge in [0.2, 0.25) is 0 Å². The lowest BCUT2D eigenvalue weighted by molar-refractivity contribution is -0.141. The van der Waals surface area contributed by atoms with Crippen molar-refractivity contribution < 1.29 is 19.4 Å². The summed E-state index contributed by atoms with van der Waals surface area (Å²) in [5, 5.41) is 14.1. The third kappa shape index (κ3) is 7.87.